The SMILES string of the molecule is CC(=O)Nc1ccc(SN2C=C(Nc3cc(C4CC4)[nH]n3)n3cc(CN4CCN(C)CC4)nc3C2)cc1. The molecule has 2 aliphatic heterocycles. The number of benzene rings is 1. The summed E-state index contributed by atoms with van der Waals surface area (Å²) in [5, 5.41) is 14.1. The zero-order chi connectivity index (χ0) is 25.4. The Hall–Kier alpha value is -3.28. The van der Waals surface area contributed by atoms with E-state index in [2.05, 4.69) is 65.0 Å². The van der Waals surface area contributed by atoms with Crippen molar-refractivity contribution in [1.82, 2.24) is 33.9 Å². The molecule has 11 heteroatoms. The van der Waals surface area contributed by atoms with E-state index >= 15 is 0 Å². The van der Waals surface area contributed by atoms with Crippen LogP contribution in [0.2, 0.25) is 0 Å². The largest absolute Gasteiger partial charge is 0.326 e. The Morgan fingerprint density at radius 3 is 2.68 bits per heavy atom. The molecule has 2 aromatic heterocycles. The molecule has 1 aromatic carbocycles. The van der Waals surface area contributed by atoms with Crippen molar-refractivity contribution in [1.29, 1.82) is 0 Å². The smallest absolute Gasteiger partial charge is 0.221 e. The number of piperazine rings is 1. The maximum absolute atomic E-state index is 11.3. The van der Waals surface area contributed by atoms with Gasteiger partial charge < -0.3 is 19.8 Å². The van der Waals surface area contributed by atoms with E-state index in [-0.39, 0.29) is 5.91 Å². The number of rotatable bonds is 8. The summed E-state index contributed by atoms with van der Waals surface area (Å²) in [5.74, 6) is 3.29. The number of carbonyl (C=O) groups is 1. The molecule has 3 aromatic rings. The van der Waals surface area contributed by atoms with E-state index in [1.165, 1.54) is 25.5 Å². The molecule has 0 bridgehead atoms. The number of hydrogen-bond donors (Lipinski definition) is 3. The normalized spacial score (nSPS) is 18.4. The zero-order valence-corrected chi connectivity index (χ0v) is 22.1. The van der Waals surface area contributed by atoms with Crippen LogP contribution in [0.5, 0.6) is 0 Å². The van der Waals surface area contributed by atoms with Gasteiger partial charge in [0.25, 0.3) is 0 Å². The summed E-state index contributed by atoms with van der Waals surface area (Å²) < 4.78 is 4.35. The number of H-pyrrole nitrogens is 1. The fraction of sp³-hybridized carbons (Fsp3) is 0.423. The summed E-state index contributed by atoms with van der Waals surface area (Å²) in [5.41, 5.74) is 3.08. The van der Waals surface area contributed by atoms with Crippen LogP contribution >= 0.6 is 11.9 Å². The standard InChI is InChI=1S/C26H33N9OS/c1-18(36)27-20-5-7-22(8-6-20)37-34-16-25-28-21(14-33-11-9-32(2)10-12-33)15-35(25)26(17-34)29-24-13-23(30-31-24)19-3-4-19/h5-8,13,15,17,19H,3-4,9-12,14,16H2,1-2H3,(H,27,36)(H2,29,30,31). The van der Waals surface area contributed by atoms with Crippen LogP contribution in [0.3, 0.4) is 0 Å². The van der Waals surface area contributed by atoms with E-state index in [4.69, 9.17) is 4.98 Å². The van der Waals surface area contributed by atoms with Crippen LogP contribution in [-0.4, -0.2) is 73.0 Å². The van der Waals surface area contributed by atoms with E-state index in [1.54, 1.807) is 11.9 Å². The van der Waals surface area contributed by atoms with E-state index in [9.17, 15) is 4.79 Å². The summed E-state index contributed by atoms with van der Waals surface area (Å²) in [7, 11) is 2.18. The van der Waals surface area contributed by atoms with Crippen LogP contribution in [0.1, 0.15) is 42.9 Å². The lowest BCUT2D eigenvalue weighted by Gasteiger charge is -2.31. The number of anilines is 2. The number of fused-ring (bicyclic) bond motifs is 1. The van der Waals surface area contributed by atoms with Gasteiger partial charge in [-0.3, -0.25) is 19.4 Å². The van der Waals surface area contributed by atoms with Gasteiger partial charge in [-0.25, -0.2) is 4.98 Å². The third-order valence-electron chi connectivity index (χ3n) is 6.90. The number of nitrogens with one attached hydrogen (secondary N) is 3. The Kier molecular flexibility index (Phi) is 6.66. The van der Waals surface area contributed by atoms with Crippen molar-refractivity contribution in [3.63, 3.8) is 0 Å². The Bertz CT molecular complexity index is 1290. The molecular weight excluding hydrogens is 486 g/mol. The average molecular weight is 520 g/mol. The van der Waals surface area contributed by atoms with Crippen LogP contribution < -0.4 is 10.6 Å². The first-order chi connectivity index (χ1) is 18.0. The third-order valence-corrected chi connectivity index (χ3v) is 7.85. The van der Waals surface area contributed by atoms with Gasteiger partial charge in [0.2, 0.25) is 5.91 Å². The summed E-state index contributed by atoms with van der Waals surface area (Å²) in [6.07, 6.45) is 6.74. The maximum atomic E-state index is 11.3. The highest BCUT2D eigenvalue weighted by Gasteiger charge is 2.27. The predicted molar refractivity (Wildman–Crippen MR) is 146 cm³/mol. The summed E-state index contributed by atoms with van der Waals surface area (Å²) in [6, 6.07) is 10.0. The average Bonchev–Trinajstić information content (AvgIpc) is 3.48. The molecule has 194 valence electrons. The van der Waals surface area contributed by atoms with E-state index in [1.807, 2.05) is 24.3 Å². The van der Waals surface area contributed by atoms with Gasteiger partial charge in [0.05, 0.1) is 18.4 Å². The fourth-order valence-corrected chi connectivity index (χ4v) is 5.57. The van der Waals surface area contributed by atoms with Crippen molar-refractivity contribution in [3.05, 3.63) is 59.9 Å². The monoisotopic (exact) mass is 519 g/mol. The molecular formula is C26H33N9OS. The van der Waals surface area contributed by atoms with Gasteiger partial charge >= 0.3 is 0 Å². The number of imidazole rings is 1. The number of nitrogens with zero attached hydrogens (tertiary/aromatic N) is 6. The maximum Gasteiger partial charge on any atom is 0.221 e. The van der Waals surface area contributed by atoms with E-state index in [0.29, 0.717) is 12.5 Å². The lowest BCUT2D eigenvalue weighted by Crippen LogP contribution is -2.43. The van der Waals surface area contributed by atoms with Gasteiger partial charge in [-0.1, -0.05) is 0 Å². The number of amides is 1. The Morgan fingerprint density at radius 1 is 1.16 bits per heavy atom. The Balaban J connectivity index is 1.21. The summed E-state index contributed by atoms with van der Waals surface area (Å²) >= 11 is 1.64. The summed E-state index contributed by atoms with van der Waals surface area (Å²) in [6.45, 7) is 7.36. The van der Waals surface area contributed by atoms with Crippen molar-refractivity contribution in [2.24, 2.45) is 0 Å². The molecule has 0 spiro atoms. The highest BCUT2D eigenvalue weighted by Crippen LogP contribution is 2.40. The molecule has 37 heavy (non-hydrogen) atoms. The minimum Gasteiger partial charge on any atom is -0.326 e. The molecule has 1 saturated carbocycles. The molecule has 1 amide bonds. The zero-order valence-electron chi connectivity index (χ0n) is 21.3. The van der Waals surface area contributed by atoms with Crippen molar-refractivity contribution in [2.45, 2.75) is 43.7 Å². The second-order valence-electron chi connectivity index (χ2n) is 10.1. The molecule has 1 aliphatic carbocycles. The van der Waals surface area contributed by atoms with Crippen molar-refractivity contribution in [2.75, 3.05) is 43.9 Å². The highest BCUT2D eigenvalue weighted by atomic mass is 32.2. The molecule has 10 nitrogen and oxygen atoms in total. The molecule has 6 rings (SSSR count). The van der Waals surface area contributed by atoms with Gasteiger partial charge in [-0.15, -0.1) is 0 Å². The Labute approximate surface area is 221 Å². The second-order valence-corrected chi connectivity index (χ2v) is 11.2. The minimum absolute atomic E-state index is 0.0718. The molecule has 3 aliphatic rings. The number of carbonyl (C=O) groups excluding carboxylic acids is 1. The predicted octanol–water partition coefficient (Wildman–Crippen LogP) is 3.58. The topological polar surface area (TPSA) is 97.4 Å². The third kappa shape index (κ3) is 5.84. The molecule has 1 saturated heterocycles. The quantitative estimate of drug-likeness (QED) is 0.389. The van der Waals surface area contributed by atoms with Gasteiger partial charge in [-0.2, -0.15) is 5.10 Å². The first-order valence-corrected chi connectivity index (χ1v) is 13.6. The molecule has 0 radical (unpaired) electrons. The number of aromatic amines is 1. The number of aromatic nitrogens is 4. The van der Waals surface area contributed by atoms with Crippen molar-refractivity contribution < 1.29 is 4.79 Å². The number of likely N-dealkylation sites (N-methyl/N-ethyl adjacent to an activating group) is 1. The Morgan fingerprint density at radius 2 is 1.95 bits per heavy atom. The molecule has 3 N–H and O–H groups in total. The lowest BCUT2D eigenvalue weighted by molar-refractivity contribution is -0.114. The second kappa shape index (κ2) is 10.2. The molecule has 0 unspecified atom stereocenters. The van der Waals surface area contributed by atoms with Crippen LogP contribution in [0, 0.1) is 0 Å². The van der Waals surface area contributed by atoms with Crippen molar-refractivity contribution >= 4 is 35.2 Å². The number of hydrogen-bond acceptors (Lipinski definition) is 8. The van der Waals surface area contributed by atoms with Crippen LogP contribution in [-0.2, 0) is 17.9 Å². The summed E-state index contributed by atoms with van der Waals surface area (Å²) in [4.78, 5) is 22.3. The van der Waals surface area contributed by atoms with E-state index < -0.39 is 0 Å². The van der Waals surface area contributed by atoms with Gasteiger partial charge in [0, 0.05) is 74.1 Å². The minimum atomic E-state index is -0.0718. The first-order valence-electron chi connectivity index (χ1n) is 12.8. The van der Waals surface area contributed by atoms with E-state index in [0.717, 1.165) is 66.5 Å². The highest BCUT2D eigenvalue weighted by molar-refractivity contribution is 7.97. The molecule has 2 fully saturated rings. The van der Waals surface area contributed by atoms with Gasteiger partial charge in [0.1, 0.15) is 11.6 Å². The molecule has 4 heterocycles. The first kappa shape index (κ1) is 24.1. The van der Waals surface area contributed by atoms with Crippen molar-refractivity contribution in [3.8, 4) is 0 Å². The van der Waals surface area contributed by atoms with Crippen LogP contribution in [0.25, 0.3) is 5.82 Å². The van der Waals surface area contributed by atoms with Gasteiger partial charge in [0.15, 0.2) is 5.82 Å². The van der Waals surface area contributed by atoms with Crippen LogP contribution in [0.4, 0.5) is 11.5 Å². The van der Waals surface area contributed by atoms with Crippen LogP contribution in [0.15, 0.2) is 47.6 Å². The van der Waals surface area contributed by atoms with Gasteiger partial charge in [-0.05, 0) is 56.1 Å². The lowest BCUT2D eigenvalue weighted by atomic mass is 10.3. The molecule has 0 atom stereocenters. The fourth-order valence-electron chi connectivity index (χ4n) is 4.71.